The van der Waals surface area contributed by atoms with Gasteiger partial charge in [-0.05, 0) is 32.7 Å². The highest BCUT2D eigenvalue weighted by Crippen LogP contribution is 2.23. The zero-order chi connectivity index (χ0) is 14.3. The molecular formula is C12H21F4NO2. The number of nitrogens with one attached hydrogen (secondary N) is 1. The molecule has 0 radical (unpaired) electrons. The summed E-state index contributed by atoms with van der Waals surface area (Å²) in [6, 6.07) is -0.127. The molecule has 0 saturated carbocycles. The topological polar surface area (TPSA) is 30.5 Å². The number of alkyl halides is 4. The molecule has 1 aliphatic heterocycles. The minimum atomic E-state index is -4.08. The Labute approximate surface area is 110 Å². The van der Waals surface area contributed by atoms with Crippen LogP contribution in [0, 0.1) is 0 Å². The Morgan fingerprint density at radius 1 is 1.42 bits per heavy atom. The van der Waals surface area contributed by atoms with Crippen molar-refractivity contribution in [2.24, 2.45) is 0 Å². The Bertz CT molecular complexity index is 248. The van der Waals surface area contributed by atoms with Gasteiger partial charge in [0, 0.05) is 12.6 Å². The molecule has 1 heterocycles. The van der Waals surface area contributed by atoms with Crippen LogP contribution in [0.3, 0.4) is 0 Å². The van der Waals surface area contributed by atoms with E-state index in [0.717, 1.165) is 25.9 Å². The SMILES string of the molecule is CNC(CCC1CCCO1)COCC(F)(F)C(F)F. The molecule has 0 amide bonds. The van der Waals surface area contributed by atoms with Crippen molar-refractivity contribution in [3.63, 3.8) is 0 Å². The third kappa shape index (κ3) is 6.05. The van der Waals surface area contributed by atoms with Crippen LogP contribution in [-0.2, 0) is 9.47 Å². The average Bonchev–Trinajstić information content (AvgIpc) is 2.86. The highest BCUT2D eigenvalue weighted by Gasteiger charge is 2.41. The van der Waals surface area contributed by atoms with Gasteiger partial charge >= 0.3 is 12.3 Å². The first kappa shape index (κ1) is 16.7. The van der Waals surface area contributed by atoms with Crippen molar-refractivity contribution in [2.45, 2.75) is 50.2 Å². The Balaban J connectivity index is 2.17. The Morgan fingerprint density at radius 2 is 2.16 bits per heavy atom. The Hall–Kier alpha value is -0.400. The van der Waals surface area contributed by atoms with E-state index in [4.69, 9.17) is 9.47 Å². The van der Waals surface area contributed by atoms with Crippen molar-refractivity contribution in [1.29, 1.82) is 0 Å². The average molecular weight is 287 g/mol. The van der Waals surface area contributed by atoms with Crippen molar-refractivity contribution in [1.82, 2.24) is 5.32 Å². The molecule has 0 aromatic carbocycles. The first-order valence-corrected chi connectivity index (χ1v) is 6.48. The van der Waals surface area contributed by atoms with Crippen LogP contribution in [0.4, 0.5) is 17.6 Å². The maximum atomic E-state index is 12.6. The molecule has 1 N–H and O–H groups in total. The lowest BCUT2D eigenvalue weighted by Gasteiger charge is -2.20. The second-order valence-electron chi connectivity index (χ2n) is 4.77. The van der Waals surface area contributed by atoms with E-state index in [1.165, 1.54) is 0 Å². The largest absolute Gasteiger partial charge is 0.378 e. The van der Waals surface area contributed by atoms with Crippen LogP contribution in [0.25, 0.3) is 0 Å². The van der Waals surface area contributed by atoms with E-state index in [0.29, 0.717) is 6.42 Å². The predicted molar refractivity (Wildman–Crippen MR) is 62.8 cm³/mol. The van der Waals surface area contributed by atoms with Gasteiger partial charge in [-0.15, -0.1) is 0 Å². The van der Waals surface area contributed by atoms with E-state index in [9.17, 15) is 17.6 Å². The summed E-state index contributed by atoms with van der Waals surface area (Å²) in [7, 11) is 1.69. The molecule has 1 aliphatic rings. The number of likely N-dealkylation sites (N-methyl/N-ethyl adjacent to an activating group) is 1. The quantitative estimate of drug-likeness (QED) is 0.661. The van der Waals surface area contributed by atoms with Gasteiger partial charge in [-0.1, -0.05) is 0 Å². The number of rotatable bonds is 9. The predicted octanol–water partition coefficient (Wildman–Crippen LogP) is 2.45. The van der Waals surface area contributed by atoms with Crippen LogP contribution in [0.5, 0.6) is 0 Å². The van der Waals surface area contributed by atoms with Gasteiger partial charge in [-0.2, -0.15) is 8.78 Å². The summed E-state index contributed by atoms with van der Waals surface area (Å²) < 4.78 is 59.2. The van der Waals surface area contributed by atoms with E-state index in [-0.39, 0.29) is 18.8 Å². The number of hydrogen-bond donors (Lipinski definition) is 1. The second-order valence-corrected chi connectivity index (χ2v) is 4.77. The minimum absolute atomic E-state index is 0.00840. The summed E-state index contributed by atoms with van der Waals surface area (Å²) in [5, 5.41) is 2.93. The maximum absolute atomic E-state index is 12.6. The fourth-order valence-electron chi connectivity index (χ4n) is 1.97. The third-order valence-electron chi connectivity index (χ3n) is 3.20. The molecule has 2 unspecified atom stereocenters. The standard InChI is InChI=1S/C12H21F4NO2/c1-17-9(4-5-10-3-2-6-19-10)7-18-8-12(15,16)11(13)14/h9-11,17H,2-8H2,1H3. The van der Waals surface area contributed by atoms with Crippen molar-refractivity contribution in [3.05, 3.63) is 0 Å². The van der Waals surface area contributed by atoms with Gasteiger partial charge in [0.25, 0.3) is 0 Å². The molecule has 1 saturated heterocycles. The third-order valence-corrected chi connectivity index (χ3v) is 3.20. The van der Waals surface area contributed by atoms with Crippen molar-refractivity contribution in [3.8, 4) is 0 Å². The molecule has 3 nitrogen and oxygen atoms in total. The molecule has 1 fully saturated rings. The monoisotopic (exact) mass is 287 g/mol. The maximum Gasteiger partial charge on any atom is 0.330 e. The normalized spacial score (nSPS) is 22.1. The van der Waals surface area contributed by atoms with Crippen LogP contribution >= 0.6 is 0 Å². The van der Waals surface area contributed by atoms with Gasteiger partial charge in [-0.25, -0.2) is 8.78 Å². The number of ether oxygens (including phenoxy) is 2. The first-order chi connectivity index (χ1) is 8.95. The zero-order valence-corrected chi connectivity index (χ0v) is 11.0. The molecule has 7 heteroatoms. The molecule has 0 spiro atoms. The van der Waals surface area contributed by atoms with Gasteiger partial charge in [-0.3, -0.25) is 0 Å². The summed E-state index contributed by atoms with van der Waals surface area (Å²) in [4.78, 5) is 0. The summed E-state index contributed by atoms with van der Waals surface area (Å²) >= 11 is 0. The van der Waals surface area contributed by atoms with Gasteiger partial charge < -0.3 is 14.8 Å². The highest BCUT2D eigenvalue weighted by molar-refractivity contribution is 4.72. The van der Waals surface area contributed by atoms with E-state index in [2.05, 4.69) is 5.32 Å². The van der Waals surface area contributed by atoms with Crippen molar-refractivity contribution in [2.75, 3.05) is 26.9 Å². The van der Waals surface area contributed by atoms with Gasteiger partial charge in [0.2, 0.25) is 0 Å². The van der Waals surface area contributed by atoms with Gasteiger partial charge in [0.05, 0.1) is 12.7 Å². The fourth-order valence-corrected chi connectivity index (χ4v) is 1.97. The first-order valence-electron chi connectivity index (χ1n) is 6.48. The van der Waals surface area contributed by atoms with Crippen molar-refractivity contribution < 1.29 is 27.0 Å². The van der Waals surface area contributed by atoms with Crippen LogP contribution in [0.2, 0.25) is 0 Å². The van der Waals surface area contributed by atoms with E-state index < -0.39 is 19.0 Å². The fraction of sp³-hybridized carbons (Fsp3) is 1.00. The number of hydrogen-bond acceptors (Lipinski definition) is 3. The molecule has 0 bridgehead atoms. The summed E-state index contributed by atoms with van der Waals surface area (Å²) in [5.41, 5.74) is 0. The number of halogens is 4. The van der Waals surface area contributed by atoms with Crippen LogP contribution in [0.1, 0.15) is 25.7 Å². The molecule has 1 rings (SSSR count). The summed E-state index contributed by atoms with van der Waals surface area (Å²) in [6.07, 6.45) is 0.125. The Kier molecular flexibility index (Phi) is 7.02. The van der Waals surface area contributed by atoms with E-state index >= 15 is 0 Å². The van der Waals surface area contributed by atoms with Crippen LogP contribution in [0.15, 0.2) is 0 Å². The van der Waals surface area contributed by atoms with E-state index in [1.54, 1.807) is 7.05 Å². The van der Waals surface area contributed by atoms with E-state index in [1.807, 2.05) is 0 Å². The lowest BCUT2D eigenvalue weighted by atomic mass is 10.1. The van der Waals surface area contributed by atoms with Crippen molar-refractivity contribution >= 4 is 0 Å². The zero-order valence-electron chi connectivity index (χ0n) is 11.0. The van der Waals surface area contributed by atoms with Gasteiger partial charge in [0.15, 0.2) is 0 Å². The molecule has 0 aromatic heterocycles. The lowest BCUT2D eigenvalue weighted by molar-refractivity contribution is -0.167. The summed E-state index contributed by atoms with van der Waals surface area (Å²) in [5.74, 6) is -4.08. The van der Waals surface area contributed by atoms with Gasteiger partial charge in [0.1, 0.15) is 6.61 Å². The highest BCUT2D eigenvalue weighted by atomic mass is 19.3. The lowest BCUT2D eigenvalue weighted by Crippen LogP contribution is -2.36. The molecule has 114 valence electrons. The summed E-state index contributed by atoms with van der Waals surface area (Å²) in [6.45, 7) is -0.486. The second kappa shape index (κ2) is 8.01. The molecular weight excluding hydrogens is 266 g/mol. The molecule has 2 atom stereocenters. The molecule has 19 heavy (non-hydrogen) atoms. The molecule has 0 aliphatic carbocycles. The molecule has 0 aromatic rings. The smallest absolute Gasteiger partial charge is 0.330 e. The Morgan fingerprint density at radius 3 is 2.68 bits per heavy atom. The van der Waals surface area contributed by atoms with Crippen LogP contribution in [-0.4, -0.2) is 51.4 Å². The minimum Gasteiger partial charge on any atom is -0.378 e. The van der Waals surface area contributed by atoms with Crippen LogP contribution < -0.4 is 5.32 Å².